The minimum Gasteiger partial charge on any atom is -0.495 e. The molecule has 0 bridgehead atoms. The summed E-state index contributed by atoms with van der Waals surface area (Å²) in [5.74, 6) is 8.93. The second-order valence-electron chi connectivity index (χ2n) is 31.8. The van der Waals surface area contributed by atoms with Crippen LogP contribution in [0.2, 0.25) is 5.02 Å². The first kappa shape index (κ1) is 106. The summed E-state index contributed by atoms with van der Waals surface area (Å²) in [6, 6.07) is 40.2. The Morgan fingerprint density at radius 3 is 1.25 bits per heavy atom. The third-order valence-corrected chi connectivity index (χ3v) is 16.7. The molecular formula is C96H135ClF3N13O5. The van der Waals surface area contributed by atoms with E-state index in [1.165, 1.54) is 11.3 Å². The number of hydrogen-bond acceptors (Lipinski definition) is 18. The Bertz CT molecular complexity index is 4310. The van der Waals surface area contributed by atoms with Gasteiger partial charge in [0.2, 0.25) is 0 Å². The number of carbonyl (C=O) groups excluding carboxylic acids is 1. The SMILES string of the molecule is CC(C)(C)c1ccc(Cl)cn1.CC(C)c1ccc(C(C)O)cn1.CC(C)c1ccccn1.CC(C)c1nccc(C(F)(F)F)n1.CC(C)c1ncccn1.CCOC(=O)c1ccc(C(C)C)nc1.COc1ccc(C(C)C)nc1.Cc1ccc(C(C)C)cn1.Cc1ccc(C(C)C)o1.Cc1cccc(C(C)C)n1.Cc1ccnc(C(C)C)n1. The average Bonchev–Trinajstić information content (AvgIpc) is 1.15. The van der Waals surface area contributed by atoms with Gasteiger partial charge in [-0.3, -0.25) is 34.9 Å². The number of halogens is 4. The van der Waals surface area contributed by atoms with E-state index in [1.807, 2.05) is 131 Å². The van der Waals surface area contributed by atoms with Gasteiger partial charge in [-0.1, -0.05) is 195 Å². The first-order valence-electron chi connectivity index (χ1n) is 40.5. The summed E-state index contributed by atoms with van der Waals surface area (Å²) in [5, 5.41) is 9.91. The number of furan rings is 1. The highest BCUT2D eigenvalue weighted by Crippen LogP contribution is 2.28. The maximum Gasteiger partial charge on any atom is 0.433 e. The van der Waals surface area contributed by atoms with Crippen molar-refractivity contribution in [2.75, 3.05) is 13.7 Å². The highest BCUT2D eigenvalue weighted by molar-refractivity contribution is 6.30. The first-order chi connectivity index (χ1) is 55.3. The molecule has 22 heteroatoms. The van der Waals surface area contributed by atoms with Gasteiger partial charge in [0, 0.05) is 136 Å². The van der Waals surface area contributed by atoms with Crippen molar-refractivity contribution in [3.05, 3.63) is 297 Å². The number of aromatic nitrogens is 13. The summed E-state index contributed by atoms with van der Waals surface area (Å²) in [6.45, 7) is 59.9. The summed E-state index contributed by atoms with van der Waals surface area (Å²) < 4.78 is 51.6. The zero-order valence-corrected chi connectivity index (χ0v) is 76.6. The molecule has 11 rings (SSSR count). The van der Waals surface area contributed by atoms with Crippen molar-refractivity contribution in [3.8, 4) is 5.75 Å². The van der Waals surface area contributed by atoms with Crippen LogP contribution < -0.4 is 4.74 Å². The zero-order valence-electron chi connectivity index (χ0n) is 75.9. The largest absolute Gasteiger partial charge is 0.495 e. The van der Waals surface area contributed by atoms with E-state index in [2.05, 4.69) is 234 Å². The number of methoxy groups -OCH3 is 1. The van der Waals surface area contributed by atoms with Gasteiger partial charge in [-0.05, 0) is 191 Å². The molecule has 0 aliphatic rings. The molecule has 11 aromatic heterocycles. The van der Waals surface area contributed by atoms with Crippen LogP contribution >= 0.6 is 11.6 Å². The Balaban J connectivity index is 0.000000651. The van der Waals surface area contributed by atoms with Gasteiger partial charge in [-0.2, -0.15) is 13.2 Å². The molecule has 642 valence electrons. The average molecular weight is 1640 g/mol. The number of aliphatic hydroxyl groups is 1. The fraction of sp³-hybridized carbons (Fsp3) is 0.458. The number of rotatable bonds is 14. The van der Waals surface area contributed by atoms with Crippen molar-refractivity contribution < 1.29 is 37.0 Å². The molecule has 0 aromatic carbocycles. The Morgan fingerprint density at radius 1 is 0.407 bits per heavy atom. The van der Waals surface area contributed by atoms with E-state index in [0.29, 0.717) is 70.5 Å². The first-order valence-corrected chi connectivity index (χ1v) is 40.9. The highest BCUT2D eigenvalue weighted by atomic mass is 35.5. The molecule has 118 heavy (non-hydrogen) atoms. The van der Waals surface area contributed by atoms with Gasteiger partial charge in [0.25, 0.3) is 0 Å². The summed E-state index contributed by atoms with van der Waals surface area (Å²) in [4.78, 5) is 64.5. The van der Waals surface area contributed by atoms with E-state index in [-0.39, 0.29) is 23.1 Å². The lowest BCUT2D eigenvalue weighted by Gasteiger charge is -2.16. The Morgan fingerprint density at radius 2 is 0.898 bits per heavy atom. The molecule has 1 unspecified atom stereocenters. The van der Waals surface area contributed by atoms with E-state index < -0.39 is 18.0 Å². The lowest BCUT2D eigenvalue weighted by molar-refractivity contribution is -0.141. The Hall–Kier alpha value is -10.1. The fourth-order valence-electron chi connectivity index (χ4n) is 9.11. The smallest absolute Gasteiger partial charge is 0.433 e. The van der Waals surface area contributed by atoms with E-state index in [0.717, 1.165) is 92.3 Å². The van der Waals surface area contributed by atoms with Crippen molar-refractivity contribution >= 4 is 17.6 Å². The van der Waals surface area contributed by atoms with Crippen LogP contribution in [0.25, 0.3) is 0 Å². The molecular weight excluding hydrogens is 1510 g/mol. The van der Waals surface area contributed by atoms with Crippen LogP contribution in [0.4, 0.5) is 13.2 Å². The van der Waals surface area contributed by atoms with Gasteiger partial charge in [0.05, 0.1) is 36.6 Å². The van der Waals surface area contributed by atoms with Crippen LogP contribution in [-0.2, 0) is 16.3 Å². The Labute approximate surface area is 709 Å². The third kappa shape index (κ3) is 45.6. The molecule has 0 saturated heterocycles. The zero-order chi connectivity index (χ0) is 89.4. The third-order valence-electron chi connectivity index (χ3n) is 16.5. The van der Waals surface area contributed by atoms with Gasteiger partial charge >= 0.3 is 12.1 Å². The number of hydrogen-bond donors (Lipinski definition) is 1. The normalized spacial score (nSPS) is 11.0. The van der Waals surface area contributed by atoms with Crippen LogP contribution in [0.1, 0.15) is 346 Å². The van der Waals surface area contributed by atoms with Crippen molar-refractivity contribution in [2.24, 2.45) is 0 Å². The number of ether oxygens (including phenoxy) is 2. The van der Waals surface area contributed by atoms with E-state index in [1.54, 1.807) is 84.2 Å². The minimum absolute atomic E-state index is 0.0951. The molecule has 0 amide bonds. The number of pyridine rings is 7. The molecule has 0 spiro atoms. The molecule has 0 saturated carbocycles. The van der Waals surface area contributed by atoms with E-state index >= 15 is 0 Å². The van der Waals surface area contributed by atoms with Crippen molar-refractivity contribution in [1.29, 1.82) is 0 Å². The van der Waals surface area contributed by atoms with Gasteiger partial charge in [0.1, 0.15) is 40.4 Å². The minimum atomic E-state index is -4.38. The van der Waals surface area contributed by atoms with E-state index in [4.69, 9.17) is 25.5 Å². The summed E-state index contributed by atoms with van der Waals surface area (Å²) in [5.41, 5.74) is 11.7. The maximum absolute atomic E-state index is 12.1. The molecule has 11 aromatic rings. The lowest BCUT2D eigenvalue weighted by Crippen LogP contribution is -2.12. The number of carbonyl (C=O) groups is 1. The maximum atomic E-state index is 12.1. The van der Waals surface area contributed by atoms with Crippen molar-refractivity contribution in [1.82, 2.24) is 64.8 Å². The molecule has 0 aliphatic heterocycles. The predicted octanol–water partition coefficient (Wildman–Crippen LogP) is 26.0. The summed E-state index contributed by atoms with van der Waals surface area (Å²) in [7, 11) is 1.64. The van der Waals surface area contributed by atoms with Gasteiger partial charge in [-0.15, -0.1) is 0 Å². The second-order valence-corrected chi connectivity index (χ2v) is 32.2. The van der Waals surface area contributed by atoms with Gasteiger partial charge < -0.3 is 19.0 Å². The molecule has 1 atom stereocenters. The van der Waals surface area contributed by atoms with Gasteiger partial charge in [0.15, 0.2) is 0 Å². The van der Waals surface area contributed by atoms with E-state index in [9.17, 15) is 23.1 Å². The van der Waals surface area contributed by atoms with Crippen LogP contribution in [0, 0.1) is 27.7 Å². The van der Waals surface area contributed by atoms with Crippen molar-refractivity contribution in [3.63, 3.8) is 0 Å². The fourth-order valence-corrected chi connectivity index (χ4v) is 9.23. The second kappa shape index (κ2) is 56.3. The number of aryl methyl sites for hydroxylation is 4. The van der Waals surface area contributed by atoms with Crippen molar-refractivity contribution in [2.45, 2.75) is 278 Å². The lowest BCUT2D eigenvalue weighted by atomic mass is 9.92. The summed E-state index contributed by atoms with van der Waals surface area (Å²) >= 11 is 5.70. The van der Waals surface area contributed by atoms with Crippen LogP contribution in [-0.4, -0.2) is 89.6 Å². The monoisotopic (exact) mass is 1640 g/mol. The Kier molecular flexibility index (Phi) is 50.5. The topological polar surface area (TPSA) is 236 Å². The molecule has 0 fully saturated rings. The molecule has 0 aliphatic carbocycles. The van der Waals surface area contributed by atoms with Gasteiger partial charge in [-0.25, -0.2) is 34.7 Å². The quantitative estimate of drug-likeness (QED) is 0.0996. The van der Waals surface area contributed by atoms with Crippen LogP contribution in [0.15, 0.2) is 194 Å². The molecule has 0 radical (unpaired) electrons. The molecule has 11 heterocycles. The number of aliphatic hydroxyl groups excluding tert-OH is 1. The molecule has 18 nitrogen and oxygen atoms in total. The number of nitrogens with zero attached hydrogens (tertiary/aromatic N) is 13. The molecule has 1 N–H and O–H groups in total. The standard InChI is InChI=1S/C11H15NO2.C10H15NO.C9H12ClN.C9H13NO.2C9H13N.C8H9F3N2.C8H12N2.C8H11N.C8H12O.C7H10N2/c1-4-14-11(13)9-5-6-10(8(2)3)12-7-9;1-7(2)10-5-4-9(6-11-10)8(3)12;1-9(2,3)8-5-4-7(10)6-11-8;1-7(2)9-5-4-8(11-3)6-10-9;1-7(2)9-5-4-8(3)10-6-9;1-7(2)9-6-4-5-8(3)10-9;1-5(2)7-12-4-3-6(13-7)8(9,10)11;1-6(2)8-9-5-4-7(3)10-8;1-7(2)8-5-3-4-6-9-8;1-6(2)8-5-4-7(3)9-8;1-6(2)7-8-4-3-5-9-7/h5-8H,4H2,1-3H3;4-8,12H,1-3H3;4-6H,1-3H3;4-7H,1-3H3;2*4-7H,1-3H3;3-5H,1-2H3;4-6H,1-3H3;3-7H,1-2H3;4-6H,1-3H3;3-6H,1-2H3. The van der Waals surface area contributed by atoms with Crippen LogP contribution in [0.3, 0.4) is 0 Å². The van der Waals surface area contributed by atoms with Crippen LogP contribution in [0.5, 0.6) is 5.75 Å². The number of esters is 1. The number of alkyl halides is 3. The highest BCUT2D eigenvalue weighted by Gasteiger charge is 2.33. The summed E-state index contributed by atoms with van der Waals surface area (Å²) in [6.07, 6.45) is 12.2. The predicted molar refractivity (Wildman–Crippen MR) is 476 cm³/mol.